The summed E-state index contributed by atoms with van der Waals surface area (Å²) in [5.74, 6) is 0. The number of hydrogen-bond acceptors (Lipinski definition) is 3. The van der Waals surface area contributed by atoms with Crippen LogP contribution < -0.4 is 5.69 Å². The van der Waals surface area contributed by atoms with Gasteiger partial charge in [0.25, 0.3) is 0 Å². The van der Waals surface area contributed by atoms with E-state index in [0.29, 0.717) is 6.04 Å². The highest BCUT2D eigenvalue weighted by molar-refractivity contribution is 5.80. The molecule has 0 radical (unpaired) electrons. The van der Waals surface area contributed by atoms with Crippen molar-refractivity contribution in [2.75, 3.05) is 13.6 Å². The SMILES string of the molecule is CN1CCCC[C@@H]1[C@H](c1ccccc1)n1ccn(-c2ccc3[nH]ncc3c2)c1=O. The largest absolute Gasteiger partial charge is 0.333 e. The molecule has 0 amide bonds. The number of H-pyrrole nitrogens is 1. The van der Waals surface area contributed by atoms with E-state index in [-0.39, 0.29) is 11.7 Å². The molecule has 148 valence electrons. The average Bonchev–Trinajstić information content (AvgIpc) is 3.37. The second-order valence-corrected chi connectivity index (χ2v) is 7.90. The van der Waals surface area contributed by atoms with Gasteiger partial charge in [-0.1, -0.05) is 36.8 Å². The molecule has 5 rings (SSSR count). The molecule has 6 nitrogen and oxygen atoms in total. The van der Waals surface area contributed by atoms with E-state index in [9.17, 15) is 4.79 Å². The van der Waals surface area contributed by atoms with E-state index in [2.05, 4.69) is 46.4 Å². The number of hydrogen-bond donors (Lipinski definition) is 1. The van der Waals surface area contributed by atoms with Crippen molar-refractivity contribution in [2.24, 2.45) is 0 Å². The number of benzene rings is 2. The topological polar surface area (TPSA) is 58.9 Å². The first-order chi connectivity index (χ1) is 14.2. The van der Waals surface area contributed by atoms with Gasteiger partial charge in [-0.2, -0.15) is 5.10 Å². The first-order valence-corrected chi connectivity index (χ1v) is 10.2. The molecule has 0 saturated carbocycles. The van der Waals surface area contributed by atoms with Crippen LogP contribution in [0.2, 0.25) is 0 Å². The molecule has 2 aromatic carbocycles. The Bertz CT molecular complexity index is 1170. The summed E-state index contributed by atoms with van der Waals surface area (Å²) in [7, 11) is 2.18. The second-order valence-electron chi connectivity index (χ2n) is 7.90. The number of fused-ring (bicyclic) bond motifs is 1. The molecule has 1 aliphatic rings. The normalized spacial score (nSPS) is 18.9. The molecule has 2 atom stereocenters. The Morgan fingerprint density at radius 2 is 1.97 bits per heavy atom. The first-order valence-electron chi connectivity index (χ1n) is 10.2. The van der Waals surface area contributed by atoms with Crippen LogP contribution in [0.5, 0.6) is 0 Å². The zero-order valence-corrected chi connectivity index (χ0v) is 16.5. The number of likely N-dealkylation sites (N-methyl/N-ethyl adjacent to an activating group) is 1. The number of piperidine rings is 1. The molecule has 0 spiro atoms. The number of aromatic amines is 1. The average molecular weight is 387 g/mol. The van der Waals surface area contributed by atoms with Crippen LogP contribution in [-0.2, 0) is 0 Å². The van der Waals surface area contributed by atoms with Gasteiger partial charge in [0.2, 0.25) is 0 Å². The van der Waals surface area contributed by atoms with Crippen molar-refractivity contribution >= 4 is 10.9 Å². The summed E-state index contributed by atoms with van der Waals surface area (Å²) in [5.41, 5.74) is 2.98. The Labute approximate surface area is 169 Å². The highest BCUT2D eigenvalue weighted by Crippen LogP contribution is 2.30. The van der Waals surface area contributed by atoms with Crippen LogP contribution in [0.25, 0.3) is 16.6 Å². The third kappa shape index (κ3) is 3.19. The molecular weight excluding hydrogens is 362 g/mol. The minimum absolute atomic E-state index is 0.00657. The summed E-state index contributed by atoms with van der Waals surface area (Å²) in [4.78, 5) is 15.9. The molecule has 1 aliphatic heterocycles. The molecule has 1 fully saturated rings. The third-order valence-corrected chi connectivity index (χ3v) is 6.14. The summed E-state index contributed by atoms with van der Waals surface area (Å²) in [5, 5.41) is 8.03. The van der Waals surface area contributed by atoms with Gasteiger partial charge in [0, 0.05) is 23.8 Å². The Morgan fingerprint density at radius 3 is 2.79 bits per heavy atom. The van der Waals surface area contributed by atoms with Crippen LogP contribution in [-0.4, -0.2) is 43.9 Å². The number of aromatic nitrogens is 4. The number of imidazole rings is 1. The molecule has 29 heavy (non-hydrogen) atoms. The van der Waals surface area contributed by atoms with Crippen molar-refractivity contribution < 1.29 is 0 Å². The Balaban J connectivity index is 1.60. The highest BCUT2D eigenvalue weighted by Gasteiger charge is 2.31. The lowest BCUT2D eigenvalue weighted by molar-refractivity contribution is 0.145. The predicted molar refractivity (Wildman–Crippen MR) is 115 cm³/mol. The molecule has 0 aliphatic carbocycles. The highest BCUT2D eigenvalue weighted by atomic mass is 16.1. The van der Waals surface area contributed by atoms with Gasteiger partial charge >= 0.3 is 5.69 Å². The lowest BCUT2D eigenvalue weighted by Gasteiger charge is -2.38. The van der Waals surface area contributed by atoms with Gasteiger partial charge in [0.1, 0.15) is 0 Å². The fraction of sp³-hybridized carbons (Fsp3) is 0.304. The third-order valence-electron chi connectivity index (χ3n) is 6.14. The number of nitrogens with zero attached hydrogens (tertiary/aromatic N) is 4. The summed E-state index contributed by atoms with van der Waals surface area (Å²) in [6.45, 7) is 1.07. The van der Waals surface area contributed by atoms with Crippen LogP contribution >= 0.6 is 0 Å². The maximum absolute atomic E-state index is 13.5. The van der Waals surface area contributed by atoms with E-state index in [1.54, 1.807) is 10.8 Å². The maximum atomic E-state index is 13.5. The molecule has 0 unspecified atom stereocenters. The van der Waals surface area contributed by atoms with E-state index in [1.165, 1.54) is 18.4 Å². The monoisotopic (exact) mass is 387 g/mol. The predicted octanol–water partition coefficient (Wildman–Crippen LogP) is 3.59. The first kappa shape index (κ1) is 17.9. The maximum Gasteiger partial charge on any atom is 0.333 e. The molecule has 0 bridgehead atoms. The van der Waals surface area contributed by atoms with Gasteiger partial charge in [-0.25, -0.2) is 4.79 Å². The van der Waals surface area contributed by atoms with Crippen LogP contribution in [0.1, 0.15) is 30.9 Å². The van der Waals surface area contributed by atoms with Crippen molar-refractivity contribution in [3.8, 4) is 5.69 Å². The molecule has 4 aromatic rings. The lowest BCUT2D eigenvalue weighted by Crippen LogP contribution is -2.45. The summed E-state index contributed by atoms with van der Waals surface area (Å²) >= 11 is 0. The zero-order valence-electron chi connectivity index (χ0n) is 16.5. The molecule has 6 heteroatoms. The van der Waals surface area contributed by atoms with Crippen LogP contribution in [0.4, 0.5) is 0 Å². The van der Waals surface area contributed by atoms with Crippen molar-refractivity contribution in [3.05, 3.63) is 83.2 Å². The van der Waals surface area contributed by atoms with Gasteiger partial charge in [-0.05, 0) is 50.2 Å². The quantitative estimate of drug-likeness (QED) is 0.582. The molecule has 1 saturated heterocycles. The second kappa shape index (κ2) is 7.37. The van der Waals surface area contributed by atoms with E-state index < -0.39 is 0 Å². The zero-order chi connectivity index (χ0) is 19.8. The van der Waals surface area contributed by atoms with Gasteiger partial charge in [0.05, 0.1) is 23.4 Å². The van der Waals surface area contributed by atoms with Crippen molar-refractivity contribution in [1.29, 1.82) is 0 Å². The minimum atomic E-state index is -0.0133. The molecular formula is C23H25N5O. The van der Waals surface area contributed by atoms with E-state index in [4.69, 9.17) is 0 Å². The Hall–Kier alpha value is -3.12. The van der Waals surface area contributed by atoms with E-state index >= 15 is 0 Å². The summed E-state index contributed by atoms with van der Waals surface area (Å²) in [6, 6.07) is 16.6. The lowest BCUT2D eigenvalue weighted by atomic mass is 9.91. The Kier molecular flexibility index (Phi) is 4.56. The fourth-order valence-electron chi connectivity index (χ4n) is 4.60. The van der Waals surface area contributed by atoms with Crippen LogP contribution in [0, 0.1) is 0 Å². The fourth-order valence-corrected chi connectivity index (χ4v) is 4.60. The number of rotatable bonds is 4. The number of nitrogens with one attached hydrogen (secondary N) is 1. The van der Waals surface area contributed by atoms with E-state index in [1.807, 2.05) is 41.2 Å². The van der Waals surface area contributed by atoms with Crippen molar-refractivity contribution in [3.63, 3.8) is 0 Å². The smallest absolute Gasteiger partial charge is 0.301 e. The Morgan fingerprint density at radius 1 is 1.10 bits per heavy atom. The van der Waals surface area contributed by atoms with Crippen LogP contribution in [0.3, 0.4) is 0 Å². The summed E-state index contributed by atoms with van der Waals surface area (Å²) < 4.78 is 3.63. The number of likely N-dealkylation sites (tertiary alicyclic amines) is 1. The van der Waals surface area contributed by atoms with Crippen LogP contribution in [0.15, 0.2) is 71.9 Å². The summed E-state index contributed by atoms with van der Waals surface area (Å²) in [6.07, 6.45) is 9.10. The molecule has 1 N–H and O–H groups in total. The molecule has 3 heterocycles. The van der Waals surface area contributed by atoms with Gasteiger partial charge in [-0.15, -0.1) is 0 Å². The minimum Gasteiger partial charge on any atom is -0.301 e. The van der Waals surface area contributed by atoms with E-state index in [0.717, 1.165) is 29.6 Å². The van der Waals surface area contributed by atoms with Gasteiger partial charge in [0.15, 0.2) is 0 Å². The van der Waals surface area contributed by atoms with Crippen molar-refractivity contribution in [1.82, 2.24) is 24.2 Å². The molecule has 2 aromatic heterocycles. The van der Waals surface area contributed by atoms with Crippen molar-refractivity contribution in [2.45, 2.75) is 31.3 Å². The van der Waals surface area contributed by atoms with Gasteiger partial charge < -0.3 is 4.90 Å². The standard InChI is InChI=1S/C23H25N5O/c1-26-12-6-5-9-21(26)22(17-7-3-2-4-8-17)28-14-13-27(23(28)29)19-10-11-20-18(15-19)16-24-25-20/h2-4,7-8,10-11,13-16,21-22H,5-6,9,12H2,1H3,(H,24,25)/t21-,22+/m1/s1. The van der Waals surface area contributed by atoms with Gasteiger partial charge in [-0.3, -0.25) is 14.2 Å².